The summed E-state index contributed by atoms with van der Waals surface area (Å²) in [4.78, 5) is 11.5. The van der Waals surface area contributed by atoms with Crippen molar-refractivity contribution in [2.24, 2.45) is 0 Å². The number of fused-ring (bicyclic) bond motifs is 1. The van der Waals surface area contributed by atoms with Gasteiger partial charge in [-0.25, -0.2) is 0 Å². The highest BCUT2D eigenvalue weighted by Gasteiger charge is 2.28. The minimum atomic E-state index is -0.0848. The normalized spacial score (nSPS) is 15.6. The van der Waals surface area contributed by atoms with Crippen molar-refractivity contribution in [2.75, 3.05) is 11.9 Å². The lowest BCUT2D eigenvalue weighted by Crippen LogP contribution is -2.28. The fourth-order valence-corrected chi connectivity index (χ4v) is 2.19. The van der Waals surface area contributed by atoms with E-state index in [-0.39, 0.29) is 23.3 Å². The number of anilines is 1. The maximum Gasteiger partial charge on any atom is 0.262 e. The van der Waals surface area contributed by atoms with Crippen LogP contribution in [-0.4, -0.2) is 12.5 Å². The molecule has 1 aromatic rings. The highest BCUT2D eigenvalue weighted by atomic mass is 16.5. The van der Waals surface area contributed by atoms with Crippen LogP contribution >= 0.6 is 0 Å². The largest absolute Gasteiger partial charge is 0.481 e. The number of ether oxygens (including phenoxy) is 1. The van der Waals surface area contributed by atoms with E-state index < -0.39 is 0 Å². The second kappa shape index (κ2) is 4.26. The van der Waals surface area contributed by atoms with E-state index in [4.69, 9.17) is 4.74 Å². The molecule has 0 radical (unpaired) electrons. The van der Waals surface area contributed by atoms with Gasteiger partial charge in [-0.05, 0) is 22.5 Å². The molecule has 0 aromatic heterocycles. The first kappa shape index (κ1) is 13.9. The van der Waals surface area contributed by atoms with E-state index in [1.165, 1.54) is 5.56 Å². The lowest BCUT2D eigenvalue weighted by atomic mass is 9.79. The molecule has 1 heterocycles. The third-order valence-electron chi connectivity index (χ3n) is 3.38. The topological polar surface area (TPSA) is 38.3 Å². The van der Waals surface area contributed by atoms with Crippen molar-refractivity contribution < 1.29 is 9.53 Å². The summed E-state index contributed by atoms with van der Waals surface area (Å²) in [6.45, 7) is 13.1. The molecule has 3 heteroatoms. The molecule has 1 aliphatic heterocycles. The summed E-state index contributed by atoms with van der Waals surface area (Å²) in [6.07, 6.45) is 0. The van der Waals surface area contributed by atoms with Crippen molar-refractivity contribution in [2.45, 2.75) is 52.4 Å². The molecule has 0 unspecified atom stereocenters. The summed E-state index contributed by atoms with van der Waals surface area (Å²) < 4.78 is 5.65. The number of carbonyl (C=O) groups is 1. The molecule has 2 rings (SSSR count). The lowest BCUT2D eigenvalue weighted by Gasteiger charge is -2.31. The predicted molar refractivity (Wildman–Crippen MR) is 78.0 cm³/mol. The van der Waals surface area contributed by atoms with Gasteiger partial charge in [-0.1, -0.05) is 47.6 Å². The van der Waals surface area contributed by atoms with Crippen LogP contribution in [0.15, 0.2) is 12.1 Å². The number of rotatable bonds is 0. The summed E-state index contributed by atoms with van der Waals surface area (Å²) in [6, 6.07) is 4.23. The molecule has 104 valence electrons. The van der Waals surface area contributed by atoms with Crippen LogP contribution in [0.25, 0.3) is 0 Å². The number of carbonyl (C=O) groups excluding carboxylic acids is 1. The molecule has 1 aromatic carbocycles. The van der Waals surface area contributed by atoms with Gasteiger partial charge in [0.15, 0.2) is 6.61 Å². The fraction of sp³-hybridized carbons (Fsp3) is 0.562. The van der Waals surface area contributed by atoms with E-state index in [0.29, 0.717) is 0 Å². The Balaban J connectivity index is 2.65. The number of hydrogen-bond acceptors (Lipinski definition) is 2. The molecule has 19 heavy (non-hydrogen) atoms. The first-order valence-corrected chi connectivity index (χ1v) is 6.71. The number of amides is 1. The molecule has 0 bridgehead atoms. The van der Waals surface area contributed by atoms with E-state index in [1.807, 2.05) is 6.07 Å². The summed E-state index contributed by atoms with van der Waals surface area (Å²) in [5.74, 6) is 0.735. The first-order chi connectivity index (χ1) is 8.59. The quantitative estimate of drug-likeness (QED) is 0.774. The smallest absolute Gasteiger partial charge is 0.262 e. The second-order valence-corrected chi connectivity index (χ2v) is 7.24. The van der Waals surface area contributed by atoms with Crippen molar-refractivity contribution in [1.82, 2.24) is 0 Å². The van der Waals surface area contributed by atoms with Crippen molar-refractivity contribution >= 4 is 11.6 Å². The SMILES string of the molecule is CC(C)(C)c1cc2c(c(C(C)(C)C)c1)OCC(=O)N2. The molecular weight excluding hydrogens is 238 g/mol. The van der Waals surface area contributed by atoms with Gasteiger partial charge in [0.1, 0.15) is 5.75 Å². The summed E-state index contributed by atoms with van der Waals surface area (Å²) >= 11 is 0. The third-order valence-corrected chi connectivity index (χ3v) is 3.38. The van der Waals surface area contributed by atoms with Gasteiger partial charge in [0.25, 0.3) is 5.91 Å². The Hall–Kier alpha value is -1.51. The number of hydrogen-bond donors (Lipinski definition) is 1. The van der Waals surface area contributed by atoms with Gasteiger partial charge in [0, 0.05) is 5.56 Å². The van der Waals surface area contributed by atoms with Crippen molar-refractivity contribution in [3.63, 3.8) is 0 Å². The van der Waals surface area contributed by atoms with Crippen LogP contribution in [0.3, 0.4) is 0 Å². The Bertz CT molecular complexity index is 519. The molecule has 0 spiro atoms. The summed E-state index contributed by atoms with van der Waals surface area (Å²) in [5.41, 5.74) is 3.18. The molecule has 1 amide bonds. The van der Waals surface area contributed by atoms with Gasteiger partial charge < -0.3 is 10.1 Å². The highest BCUT2D eigenvalue weighted by molar-refractivity contribution is 5.96. The van der Waals surface area contributed by atoms with Gasteiger partial charge in [-0.3, -0.25) is 4.79 Å². The number of benzene rings is 1. The third kappa shape index (κ3) is 2.75. The average molecular weight is 261 g/mol. The number of nitrogens with one attached hydrogen (secondary N) is 1. The zero-order valence-corrected chi connectivity index (χ0v) is 12.7. The van der Waals surface area contributed by atoms with E-state index in [9.17, 15) is 4.79 Å². The Labute approximate surface area is 115 Å². The van der Waals surface area contributed by atoms with Gasteiger partial charge >= 0.3 is 0 Å². The molecule has 3 nitrogen and oxygen atoms in total. The van der Waals surface area contributed by atoms with E-state index >= 15 is 0 Å². The van der Waals surface area contributed by atoms with Gasteiger partial charge in [0.05, 0.1) is 5.69 Å². The van der Waals surface area contributed by atoms with Gasteiger partial charge in [0.2, 0.25) is 0 Å². The molecule has 1 N–H and O–H groups in total. The fourth-order valence-electron chi connectivity index (χ4n) is 2.19. The Morgan fingerprint density at radius 2 is 1.68 bits per heavy atom. The Morgan fingerprint density at radius 1 is 1.05 bits per heavy atom. The van der Waals surface area contributed by atoms with E-state index in [0.717, 1.165) is 17.0 Å². The van der Waals surface area contributed by atoms with Crippen molar-refractivity contribution in [3.8, 4) is 5.75 Å². The summed E-state index contributed by atoms with van der Waals surface area (Å²) in [5, 5.41) is 2.92. The highest BCUT2D eigenvalue weighted by Crippen LogP contribution is 2.42. The summed E-state index contributed by atoms with van der Waals surface area (Å²) in [7, 11) is 0. The van der Waals surface area contributed by atoms with Crippen molar-refractivity contribution in [1.29, 1.82) is 0 Å². The molecule has 0 aliphatic carbocycles. The van der Waals surface area contributed by atoms with Crippen LogP contribution in [0, 0.1) is 0 Å². The molecule has 0 saturated heterocycles. The van der Waals surface area contributed by atoms with Crippen molar-refractivity contribution in [3.05, 3.63) is 23.3 Å². The minimum Gasteiger partial charge on any atom is -0.481 e. The lowest BCUT2D eigenvalue weighted by molar-refractivity contribution is -0.118. The Kier molecular flexibility index (Phi) is 3.12. The molecule has 0 fully saturated rings. The van der Waals surface area contributed by atoms with Crippen LogP contribution in [0.1, 0.15) is 52.7 Å². The molecular formula is C16H23NO2. The zero-order valence-electron chi connectivity index (χ0n) is 12.7. The Morgan fingerprint density at radius 3 is 2.21 bits per heavy atom. The zero-order chi connectivity index (χ0) is 14.4. The van der Waals surface area contributed by atoms with Crippen LogP contribution in [-0.2, 0) is 15.6 Å². The standard InChI is InChI=1S/C16H23NO2/c1-15(2,3)10-7-11(16(4,5)6)14-12(8-10)17-13(18)9-19-14/h7-8H,9H2,1-6H3,(H,17,18). The second-order valence-electron chi connectivity index (χ2n) is 7.24. The maximum absolute atomic E-state index is 11.5. The van der Waals surface area contributed by atoms with Crippen LogP contribution in [0.2, 0.25) is 0 Å². The molecule has 0 atom stereocenters. The average Bonchev–Trinajstić information content (AvgIpc) is 2.24. The minimum absolute atomic E-state index is 0.0204. The molecule has 1 aliphatic rings. The van der Waals surface area contributed by atoms with Crippen LogP contribution in [0.4, 0.5) is 5.69 Å². The van der Waals surface area contributed by atoms with E-state index in [1.54, 1.807) is 0 Å². The first-order valence-electron chi connectivity index (χ1n) is 6.71. The van der Waals surface area contributed by atoms with Gasteiger partial charge in [-0.15, -0.1) is 0 Å². The van der Waals surface area contributed by atoms with Crippen LogP contribution in [0.5, 0.6) is 5.75 Å². The van der Waals surface area contributed by atoms with Gasteiger partial charge in [-0.2, -0.15) is 0 Å². The van der Waals surface area contributed by atoms with Crippen LogP contribution < -0.4 is 10.1 Å². The van der Waals surface area contributed by atoms with E-state index in [2.05, 4.69) is 52.9 Å². The monoisotopic (exact) mass is 261 g/mol. The molecule has 0 saturated carbocycles. The maximum atomic E-state index is 11.5. The predicted octanol–water partition coefficient (Wildman–Crippen LogP) is 3.61.